The van der Waals surface area contributed by atoms with Crippen LogP contribution >= 0.6 is 23.2 Å². The Hall–Kier alpha value is -2.40. The van der Waals surface area contributed by atoms with Crippen LogP contribution in [-0.4, -0.2) is 42.9 Å². The maximum Gasteiger partial charge on any atom is 0.162 e. The van der Waals surface area contributed by atoms with Crippen molar-refractivity contribution in [2.75, 3.05) is 31.1 Å². The summed E-state index contributed by atoms with van der Waals surface area (Å²) in [5, 5.41) is 1.33. The Labute approximate surface area is 215 Å². The quantitative estimate of drug-likeness (QED) is 0.335. The molecule has 2 atom stereocenters. The van der Waals surface area contributed by atoms with E-state index in [1.54, 1.807) is 12.1 Å². The van der Waals surface area contributed by atoms with Gasteiger partial charge in [-0.05, 0) is 91.0 Å². The highest BCUT2D eigenvalue weighted by Gasteiger charge is 2.45. The number of anilines is 1. The topological polar surface area (TPSA) is 23.6 Å². The number of benzene rings is 3. The van der Waals surface area contributed by atoms with Crippen molar-refractivity contribution in [3.05, 3.63) is 87.2 Å². The summed E-state index contributed by atoms with van der Waals surface area (Å²) >= 11 is 12.7. The van der Waals surface area contributed by atoms with E-state index in [9.17, 15) is 9.18 Å². The maximum atomic E-state index is 13.1. The molecule has 3 aliphatic rings. The van der Waals surface area contributed by atoms with E-state index in [1.807, 2.05) is 18.2 Å². The lowest BCUT2D eigenvalue weighted by atomic mass is 9.86. The fourth-order valence-corrected chi connectivity index (χ4v) is 6.76. The molecule has 0 unspecified atom stereocenters. The average Bonchev–Trinajstić information content (AvgIpc) is 3.41. The van der Waals surface area contributed by atoms with Gasteiger partial charge in [-0.1, -0.05) is 29.3 Å². The maximum absolute atomic E-state index is 13.1. The van der Waals surface area contributed by atoms with Gasteiger partial charge in [0, 0.05) is 64.9 Å². The van der Waals surface area contributed by atoms with Crippen LogP contribution in [0.25, 0.3) is 11.1 Å². The second-order valence-corrected chi connectivity index (χ2v) is 10.8. The molecule has 0 bridgehead atoms. The van der Waals surface area contributed by atoms with E-state index >= 15 is 0 Å². The smallest absolute Gasteiger partial charge is 0.162 e. The van der Waals surface area contributed by atoms with Gasteiger partial charge in [0.1, 0.15) is 5.82 Å². The van der Waals surface area contributed by atoms with Crippen molar-refractivity contribution in [3.63, 3.8) is 0 Å². The molecule has 0 amide bonds. The third-order valence-electron chi connectivity index (χ3n) is 7.87. The highest BCUT2D eigenvalue weighted by molar-refractivity contribution is 6.36. The molecule has 0 aromatic heterocycles. The number of Topliss-reactive ketones (excluding diaryl/α,β-unsaturated/α-hetero) is 1. The van der Waals surface area contributed by atoms with Crippen LogP contribution in [0.4, 0.5) is 10.1 Å². The molecular weight excluding hydrogens is 482 g/mol. The largest absolute Gasteiger partial charge is 0.367 e. The van der Waals surface area contributed by atoms with Crippen molar-refractivity contribution >= 4 is 34.7 Å². The van der Waals surface area contributed by atoms with Crippen LogP contribution in [0.3, 0.4) is 0 Å². The number of fused-ring (bicyclic) bond motifs is 3. The number of likely N-dealkylation sites (tertiary alicyclic amines) is 1. The predicted molar refractivity (Wildman–Crippen MR) is 140 cm³/mol. The Morgan fingerprint density at radius 1 is 1.03 bits per heavy atom. The summed E-state index contributed by atoms with van der Waals surface area (Å²) in [5.74, 6) is 0.241. The van der Waals surface area contributed by atoms with E-state index in [1.165, 1.54) is 34.5 Å². The number of piperidine rings is 1. The molecule has 0 N–H and O–H groups in total. The molecule has 180 valence electrons. The van der Waals surface area contributed by atoms with E-state index < -0.39 is 0 Å². The zero-order valence-electron chi connectivity index (χ0n) is 19.4. The lowest BCUT2D eigenvalue weighted by Gasteiger charge is -2.38. The molecule has 6 heteroatoms. The number of carbonyl (C=O) groups excluding carboxylic acids is 1. The van der Waals surface area contributed by atoms with Crippen LogP contribution < -0.4 is 4.90 Å². The number of rotatable bonds is 6. The van der Waals surface area contributed by atoms with E-state index in [0.717, 1.165) is 51.0 Å². The van der Waals surface area contributed by atoms with Gasteiger partial charge in [-0.25, -0.2) is 4.39 Å². The van der Waals surface area contributed by atoms with Crippen LogP contribution in [0.5, 0.6) is 0 Å². The van der Waals surface area contributed by atoms with Crippen LogP contribution in [0.2, 0.25) is 10.0 Å². The van der Waals surface area contributed by atoms with Gasteiger partial charge >= 0.3 is 0 Å². The van der Waals surface area contributed by atoms with Gasteiger partial charge in [0.05, 0.1) is 0 Å². The standard InChI is InChI=1S/C29H27Cl2FN2O/c30-21-5-8-23(26(31)16-21)20-14-19-9-13-34-27-10-12-33(17-25(27)24(15-20)29(19)34)11-1-2-28(35)18-3-6-22(32)7-4-18/h3-8,14-16,25,27H,1-2,9-13,17H2/t25-,27-/m1/s1. The molecular formula is C29H27Cl2FN2O. The second-order valence-electron chi connectivity index (χ2n) is 9.94. The van der Waals surface area contributed by atoms with Crippen molar-refractivity contribution in [1.29, 1.82) is 0 Å². The third-order valence-corrected chi connectivity index (χ3v) is 8.42. The Balaban J connectivity index is 1.18. The lowest BCUT2D eigenvalue weighted by molar-refractivity contribution is 0.0971. The molecule has 3 aromatic carbocycles. The molecule has 1 saturated heterocycles. The highest BCUT2D eigenvalue weighted by Crippen LogP contribution is 2.51. The summed E-state index contributed by atoms with van der Waals surface area (Å²) in [6.45, 7) is 4.06. The Kier molecular flexibility index (Phi) is 6.08. The molecule has 6 rings (SSSR count). The van der Waals surface area contributed by atoms with Gasteiger partial charge in [0.25, 0.3) is 0 Å². The van der Waals surface area contributed by atoms with Crippen LogP contribution in [0.1, 0.15) is 46.7 Å². The molecule has 3 aliphatic heterocycles. The second kappa shape index (κ2) is 9.24. The zero-order chi connectivity index (χ0) is 24.1. The van der Waals surface area contributed by atoms with Gasteiger partial charge in [0.2, 0.25) is 0 Å². The molecule has 0 radical (unpaired) electrons. The van der Waals surface area contributed by atoms with Crippen molar-refractivity contribution in [2.24, 2.45) is 0 Å². The van der Waals surface area contributed by atoms with E-state index in [-0.39, 0.29) is 11.6 Å². The minimum atomic E-state index is -0.312. The highest BCUT2D eigenvalue weighted by atomic mass is 35.5. The van der Waals surface area contributed by atoms with Crippen molar-refractivity contribution in [1.82, 2.24) is 4.90 Å². The van der Waals surface area contributed by atoms with Gasteiger partial charge in [-0.3, -0.25) is 4.79 Å². The summed E-state index contributed by atoms with van der Waals surface area (Å²) in [6, 6.07) is 16.8. The van der Waals surface area contributed by atoms with Gasteiger partial charge in [-0.15, -0.1) is 0 Å². The Morgan fingerprint density at radius 2 is 1.86 bits per heavy atom. The summed E-state index contributed by atoms with van der Waals surface area (Å²) in [7, 11) is 0. The predicted octanol–water partition coefficient (Wildman–Crippen LogP) is 7.00. The molecule has 35 heavy (non-hydrogen) atoms. The molecule has 3 nitrogen and oxygen atoms in total. The van der Waals surface area contributed by atoms with Crippen molar-refractivity contribution in [2.45, 2.75) is 37.6 Å². The monoisotopic (exact) mass is 508 g/mol. The molecule has 0 saturated carbocycles. The first kappa shape index (κ1) is 23.0. The number of ketones is 1. The fourth-order valence-electron chi connectivity index (χ4n) is 6.24. The molecule has 0 aliphatic carbocycles. The summed E-state index contributed by atoms with van der Waals surface area (Å²) in [4.78, 5) is 17.6. The minimum Gasteiger partial charge on any atom is -0.367 e. The molecule has 3 aromatic rings. The number of nitrogens with zero attached hydrogens (tertiary/aromatic N) is 2. The van der Waals surface area contributed by atoms with E-state index in [0.29, 0.717) is 34.0 Å². The van der Waals surface area contributed by atoms with Gasteiger partial charge < -0.3 is 9.80 Å². The molecule has 1 fully saturated rings. The average molecular weight is 509 g/mol. The van der Waals surface area contributed by atoms with Crippen molar-refractivity contribution < 1.29 is 9.18 Å². The Bertz CT molecular complexity index is 1290. The van der Waals surface area contributed by atoms with E-state index in [2.05, 4.69) is 21.9 Å². The summed E-state index contributed by atoms with van der Waals surface area (Å²) in [5.41, 5.74) is 7.11. The van der Waals surface area contributed by atoms with Crippen LogP contribution in [-0.2, 0) is 6.42 Å². The number of carbonyl (C=O) groups is 1. The number of halogens is 3. The lowest BCUT2D eigenvalue weighted by Crippen LogP contribution is -2.46. The first-order valence-corrected chi connectivity index (χ1v) is 13.1. The third kappa shape index (κ3) is 4.26. The first-order chi connectivity index (χ1) is 17.0. The summed E-state index contributed by atoms with van der Waals surface area (Å²) in [6.07, 6.45) is 3.53. The SMILES string of the molecule is O=C(CCCN1CC[C@@H]2[C@H](C1)c1cc(-c3ccc(Cl)cc3Cl)cc3c1N2CC3)c1ccc(F)cc1. The molecule has 3 heterocycles. The normalized spacial score (nSPS) is 20.7. The molecule has 0 spiro atoms. The fraction of sp³-hybridized carbons (Fsp3) is 0.345. The van der Waals surface area contributed by atoms with Gasteiger partial charge in [-0.2, -0.15) is 0 Å². The van der Waals surface area contributed by atoms with Crippen LogP contribution in [0, 0.1) is 5.82 Å². The Morgan fingerprint density at radius 3 is 2.66 bits per heavy atom. The number of hydrogen-bond donors (Lipinski definition) is 0. The first-order valence-electron chi connectivity index (χ1n) is 12.4. The zero-order valence-corrected chi connectivity index (χ0v) is 21.0. The van der Waals surface area contributed by atoms with Crippen molar-refractivity contribution in [3.8, 4) is 11.1 Å². The van der Waals surface area contributed by atoms with Crippen LogP contribution in [0.15, 0.2) is 54.6 Å². The summed E-state index contributed by atoms with van der Waals surface area (Å²) < 4.78 is 13.1. The number of hydrogen-bond acceptors (Lipinski definition) is 3. The van der Waals surface area contributed by atoms with Gasteiger partial charge in [0.15, 0.2) is 5.78 Å². The van der Waals surface area contributed by atoms with E-state index in [4.69, 9.17) is 23.2 Å². The minimum absolute atomic E-state index is 0.0841.